The first-order valence-corrected chi connectivity index (χ1v) is 5.66. The number of hydrazine groups is 1. The fourth-order valence-corrected chi connectivity index (χ4v) is 1.37. The molecule has 0 spiro atoms. The molecule has 0 fully saturated rings. The predicted octanol–water partition coefficient (Wildman–Crippen LogP) is 1.59. The van der Waals surface area contributed by atoms with Crippen molar-refractivity contribution in [1.29, 1.82) is 0 Å². The maximum Gasteiger partial charge on any atom is 0.269 e. The lowest BCUT2D eigenvalue weighted by atomic mass is 9.92. The van der Waals surface area contributed by atoms with Gasteiger partial charge in [-0.3, -0.25) is 20.4 Å². The van der Waals surface area contributed by atoms with Crippen LogP contribution in [0.2, 0.25) is 0 Å². The van der Waals surface area contributed by atoms with Gasteiger partial charge in [0.2, 0.25) is 5.91 Å². The number of aromatic hydroxyl groups is 1. The van der Waals surface area contributed by atoms with Gasteiger partial charge in [-0.1, -0.05) is 26.8 Å². The van der Waals surface area contributed by atoms with Crippen molar-refractivity contribution in [2.45, 2.75) is 27.2 Å². The first kappa shape index (κ1) is 14.0. The number of hydrogen-bond acceptors (Lipinski definition) is 3. The van der Waals surface area contributed by atoms with Gasteiger partial charge >= 0.3 is 0 Å². The van der Waals surface area contributed by atoms with Gasteiger partial charge in [-0.25, -0.2) is 0 Å². The maximum absolute atomic E-state index is 11.6. The highest BCUT2D eigenvalue weighted by Crippen LogP contribution is 2.17. The fourth-order valence-electron chi connectivity index (χ4n) is 1.37. The molecule has 0 radical (unpaired) electrons. The number of phenols is 1. The van der Waals surface area contributed by atoms with E-state index in [1.165, 1.54) is 12.1 Å². The number of carbonyl (C=O) groups is 2. The average molecular weight is 250 g/mol. The third-order valence-corrected chi connectivity index (χ3v) is 2.11. The second kappa shape index (κ2) is 5.53. The monoisotopic (exact) mass is 250 g/mol. The molecule has 1 aromatic rings. The highest BCUT2D eigenvalue weighted by Gasteiger charge is 2.16. The zero-order valence-electron chi connectivity index (χ0n) is 10.8. The van der Waals surface area contributed by atoms with E-state index in [9.17, 15) is 14.7 Å². The van der Waals surface area contributed by atoms with Gasteiger partial charge in [-0.2, -0.15) is 0 Å². The van der Waals surface area contributed by atoms with E-state index >= 15 is 0 Å². The van der Waals surface area contributed by atoms with Crippen LogP contribution >= 0.6 is 0 Å². The van der Waals surface area contributed by atoms with E-state index in [1.54, 1.807) is 12.1 Å². The highest BCUT2D eigenvalue weighted by atomic mass is 16.3. The quantitative estimate of drug-likeness (QED) is 0.697. The van der Waals surface area contributed by atoms with Crippen molar-refractivity contribution in [3.63, 3.8) is 0 Å². The zero-order valence-corrected chi connectivity index (χ0v) is 10.8. The minimum Gasteiger partial charge on any atom is -0.508 e. The number of rotatable bonds is 2. The van der Waals surface area contributed by atoms with Gasteiger partial charge in [0, 0.05) is 12.0 Å². The molecule has 0 saturated carbocycles. The van der Waals surface area contributed by atoms with E-state index in [0.29, 0.717) is 6.42 Å². The van der Waals surface area contributed by atoms with Gasteiger partial charge in [0.05, 0.1) is 0 Å². The van der Waals surface area contributed by atoms with Crippen molar-refractivity contribution >= 4 is 11.8 Å². The number of carbonyl (C=O) groups excluding carboxylic acids is 2. The number of nitrogens with one attached hydrogen (secondary N) is 2. The van der Waals surface area contributed by atoms with Crippen LogP contribution in [0.4, 0.5) is 0 Å². The van der Waals surface area contributed by atoms with Crippen molar-refractivity contribution < 1.29 is 14.7 Å². The second-order valence-electron chi connectivity index (χ2n) is 5.29. The molecule has 0 aliphatic heterocycles. The molecule has 98 valence electrons. The summed E-state index contributed by atoms with van der Waals surface area (Å²) in [6.07, 6.45) is 0.313. The average Bonchev–Trinajstić information content (AvgIpc) is 2.23. The van der Waals surface area contributed by atoms with Gasteiger partial charge in [0.1, 0.15) is 5.75 Å². The smallest absolute Gasteiger partial charge is 0.269 e. The van der Waals surface area contributed by atoms with Crippen LogP contribution in [-0.2, 0) is 4.79 Å². The summed E-state index contributed by atoms with van der Waals surface area (Å²) in [5.74, 6) is -0.715. The van der Waals surface area contributed by atoms with E-state index in [1.807, 2.05) is 20.8 Å². The Hall–Kier alpha value is -2.04. The SMILES string of the molecule is CC(C)(C)CC(=O)NNC(=O)c1cccc(O)c1. The summed E-state index contributed by atoms with van der Waals surface area (Å²) < 4.78 is 0. The molecule has 5 nitrogen and oxygen atoms in total. The van der Waals surface area contributed by atoms with Gasteiger partial charge in [0.15, 0.2) is 0 Å². The summed E-state index contributed by atoms with van der Waals surface area (Å²) >= 11 is 0. The summed E-state index contributed by atoms with van der Waals surface area (Å²) in [5.41, 5.74) is 4.78. The lowest BCUT2D eigenvalue weighted by Crippen LogP contribution is -2.42. The van der Waals surface area contributed by atoms with Crippen LogP contribution in [0.3, 0.4) is 0 Å². The normalized spacial score (nSPS) is 10.8. The van der Waals surface area contributed by atoms with Crippen molar-refractivity contribution in [1.82, 2.24) is 10.9 Å². The Bertz CT molecular complexity index is 450. The predicted molar refractivity (Wildman–Crippen MR) is 67.8 cm³/mol. The lowest BCUT2D eigenvalue weighted by Gasteiger charge is -2.17. The maximum atomic E-state index is 11.6. The molecule has 5 heteroatoms. The van der Waals surface area contributed by atoms with Gasteiger partial charge in [0.25, 0.3) is 5.91 Å². The van der Waals surface area contributed by atoms with Crippen molar-refractivity contribution in [2.24, 2.45) is 5.41 Å². The summed E-state index contributed by atoms with van der Waals surface area (Å²) in [4.78, 5) is 23.1. The molecule has 0 saturated heterocycles. The second-order valence-corrected chi connectivity index (χ2v) is 5.29. The Kier molecular flexibility index (Phi) is 4.31. The molecule has 0 heterocycles. The van der Waals surface area contributed by atoms with E-state index in [0.717, 1.165) is 0 Å². The number of benzene rings is 1. The molecule has 2 amide bonds. The molecular weight excluding hydrogens is 232 g/mol. The lowest BCUT2D eigenvalue weighted by molar-refractivity contribution is -0.123. The Morgan fingerprint density at radius 1 is 1.22 bits per heavy atom. The van der Waals surface area contributed by atoms with Crippen LogP contribution in [0.25, 0.3) is 0 Å². The first-order chi connectivity index (χ1) is 8.28. The Morgan fingerprint density at radius 2 is 1.89 bits per heavy atom. The van der Waals surface area contributed by atoms with Gasteiger partial charge < -0.3 is 5.11 Å². The summed E-state index contributed by atoms with van der Waals surface area (Å²) in [6.45, 7) is 5.80. The van der Waals surface area contributed by atoms with Crippen LogP contribution in [-0.4, -0.2) is 16.9 Å². The summed E-state index contributed by atoms with van der Waals surface area (Å²) in [7, 11) is 0. The standard InChI is InChI=1S/C13H18N2O3/c1-13(2,3)8-11(17)14-15-12(18)9-5-4-6-10(16)7-9/h4-7,16H,8H2,1-3H3,(H,14,17)(H,15,18). The molecule has 0 unspecified atom stereocenters. The Morgan fingerprint density at radius 3 is 2.44 bits per heavy atom. The number of phenolic OH excluding ortho intramolecular Hbond substituents is 1. The van der Waals surface area contributed by atoms with Crippen molar-refractivity contribution in [2.75, 3.05) is 0 Å². The minimum absolute atomic E-state index is 0.00340. The molecule has 18 heavy (non-hydrogen) atoms. The Labute approximate surface area is 106 Å². The molecule has 0 bridgehead atoms. The molecule has 0 aromatic heterocycles. The topological polar surface area (TPSA) is 78.4 Å². The molecule has 1 rings (SSSR count). The minimum atomic E-state index is -0.465. The third kappa shape index (κ3) is 4.86. The van der Waals surface area contributed by atoms with E-state index in [-0.39, 0.29) is 22.6 Å². The van der Waals surface area contributed by atoms with E-state index in [4.69, 9.17) is 0 Å². The molecule has 0 aliphatic carbocycles. The summed E-state index contributed by atoms with van der Waals surface area (Å²) in [6, 6.07) is 5.90. The third-order valence-electron chi connectivity index (χ3n) is 2.11. The largest absolute Gasteiger partial charge is 0.508 e. The van der Waals surface area contributed by atoms with Crippen molar-refractivity contribution in [3.8, 4) is 5.75 Å². The van der Waals surface area contributed by atoms with Crippen LogP contribution in [0, 0.1) is 5.41 Å². The highest BCUT2D eigenvalue weighted by molar-refractivity contribution is 5.95. The zero-order chi connectivity index (χ0) is 13.8. The molecule has 0 aliphatic rings. The van der Waals surface area contributed by atoms with Crippen LogP contribution in [0.15, 0.2) is 24.3 Å². The fraction of sp³-hybridized carbons (Fsp3) is 0.385. The molecule has 1 aromatic carbocycles. The van der Waals surface area contributed by atoms with Crippen LogP contribution in [0.5, 0.6) is 5.75 Å². The van der Waals surface area contributed by atoms with Gasteiger partial charge in [-0.15, -0.1) is 0 Å². The van der Waals surface area contributed by atoms with Crippen molar-refractivity contribution in [3.05, 3.63) is 29.8 Å². The Balaban J connectivity index is 2.49. The first-order valence-electron chi connectivity index (χ1n) is 5.66. The molecule has 0 atom stereocenters. The molecule has 3 N–H and O–H groups in total. The van der Waals surface area contributed by atoms with Crippen LogP contribution in [0.1, 0.15) is 37.6 Å². The van der Waals surface area contributed by atoms with Crippen LogP contribution < -0.4 is 10.9 Å². The van der Waals surface area contributed by atoms with Gasteiger partial charge in [-0.05, 0) is 23.6 Å². The number of amides is 2. The summed E-state index contributed by atoms with van der Waals surface area (Å²) in [5, 5.41) is 9.22. The number of hydrogen-bond donors (Lipinski definition) is 3. The molecular formula is C13H18N2O3. The van der Waals surface area contributed by atoms with E-state index in [2.05, 4.69) is 10.9 Å². The van der Waals surface area contributed by atoms with E-state index < -0.39 is 5.91 Å².